The zero-order valence-electron chi connectivity index (χ0n) is 17.4. The summed E-state index contributed by atoms with van der Waals surface area (Å²) in [6.07, 6.45) is 2.52. The summed E-state index contributed by atoms with van der Waals surface area (Å²) in [4.78, 5) is 0. The second-order valence-corrected chi connectivity index (χ2v) is 6.98. The van der Waals surface area contributed by atoms with Gasteiger partial charge in [0.15, 0.2) is 0 Å². The van der Waals surface area contributed by atoms with E-state index in [0.717, 1.165) is 11.1 Å². The highest BCUT2D eigenvalue weighted by atomic mass is 16.5. The van der Waals surface area contributed by atoms with Crippen LogP contribution >= 0.6 is 0 Å². The van der Waals surface area contributed by atoms with Crippen molar-refractivity contribution in [2.75, 3.05) is 7.11 Å². The molecular formula is C25H20N4O2. The predicted octanol–water partition coefficient (Wildman–Crippen LogP) is 4.23. The fourth-order valence-corrected chi connectivity index (χ4v) is 3.31. The van der Waals surface area contributed by atoms with Gasteiger partial charge in [-0.05, 0) is 54.8 Å². The molecule has 31 heavy (non-hydrogen) atoms. The average molecular weight is 408 g/mol. The number of hydrogen-bond donors (Lipinski definition) is 1. The molecule has 152 valence electrons. The van der Waals surface area contributed by atoms with Crippen LogP contribution in [0.4, 0.5) is 0 Å². The maximum Gasteiger partial charge on any atom is 0.128 e. The molecule has 0 bridgehead atoms. The smallest absolute Gasteiger partial charge is 0.128 e. The molecule has 0 spiro atoms. The Morgan fingerprint density at radius 2 is 1.52 bits per heavy atom. The van der Waals surface area contributed by atoms with Gasteiger partial charge in [0.2, 0.25) is 0 Å². The van der Waals surface area contributed by atoms with Crippen LogP contribution < -0.4 is 4.74 Å². The number of rotatable bonds is 6. The van der Waals surface area contributed by atoms with E-state index in [-0.39, 0.29) is 11.1 Å². The average Bonchev–Trinajstić information content (AvgIpc) is 2.79. The summed E-state index contributed by atoms with van der Waals surface area (Å²) in [6.45, 7) is 3.71. The molecule has 6 nitrogen and oxygen atoms in total. The van der Waals surface area contributed by atoms with Gasteiger partial charge in [-0.2, -0.15) is 21.0 Å². The SMILES string of the molecule is COc1ccc(C(O)(C=C(C#N)C#N)C(C=C(C#N)C#N)c2ccc(C)cc2)cc1C. The summed E-state index contributed by atoms with van der Waals surface area (Å²) < 4.78 is 5.29. The second-order valence-electron chi connectivity index (χ2n) is 6.98. The fourth-order valence-electron chi connectivity index (χ4n) is 3.31. The number of ether oxygens (including phenoxy) is 1. The Bertz CT molecular complexity index is 1170. The van der Waals surface area contributed by atoms with E-state index in [2.05, 4.69) is 0 Å². The van der Waals surface area contributed by atoms with Gasteiger partial charge in [0.05, 0.1) is 7.11 Å². The molecule has 2 unspecified atom stereocenters. The van der Waals surface area contributed by atoms with Gasteiger partial charge in [-0.15, -0.1) is 0 Å². The molecule has 0 saturated heterocycles. The molecule has 2 aromatic rings. The van der Waals surface area contributed by atoms with Crippen molar-refractivity contribution in [1.29, 1.82) is 21.0 Å². The Labute approximate surface area is 181 Å². The first-order valence-electron chi connectivity index (χ1n) is 9.32. The Balaban J connectivity index is 2.91. The van der Waals surface area contributed by atoms with Crippen molar-refractivity contribution >= 4 is 0 Å². The third-order valence-electron chi connectivity index (χ3n) is 4.95. The predicted molar refractivity (Wildman–Crippen MR) is 114 cm³/mol. The first-order valence-corrected chi connectivity index (χ1v) is 9.32. The summed E-state index contributed by atoms with van der Waals surface area (Å²) in [5.41, 5.74) is 0.319. The summed E-state index contributed by atoms with van der Waals surface area (Å²) in [6, 6.07) is 19.4. The number of aliphatic hydroxyl groups is 1. The topological polar surface area (TPSA) is 125 Å². The molecule has 2 atom stereocenters. The molecule has 0 heterocycles. The van der Waals surface area contributed by atoms with E-state index in [1.807, 2.05) is 31.2 Å². The number of allylic oxidation sites excluding steroid dienone is 2. The summed E-state index contributed by atoms with van der Waals surface area (Å²) >= 11 is 0. The molecular weight excluding hydrogens is 388 g/mol. The third-order valence-corrected chi connectivity index (χ3v) is 4.95. The maximum absolute atomic E-state index is 11.9. The van der Waals surface area contributed by atoms with Crippen molar-refractivity contribution < 1.29 is 9.84 Å². The Kier molecular flexibility index (Phi) is 7.33. The van der Waals surface area contributed by atoms with Crippen LogP contribution in [0.2, 0.25) is 0 Å². The first kappa shape index (κ1) is 22.9. The molecule has 0 aliphatic carbocycles. The molecule has 0 aromatic heterocycles. The van der Waals surface area contributed by atoms with Crippen molar-refractivity contribution in [3.05, 3.63) is 88.0 Å². The number of hydrogen-bond acceptors (Lipinski definition) is 6. The van der Waals surface area contributed by atoms with E-state index >= 15 is 0 Å². The van der Waals surface area contributed by atoms with Crippen LogP contribution in [-0.2, 0) is 5.60 Å². The van der Waals surface area contributed by atoms with Gasteiger partial charge >= 0.3 is 0 Å². The lowest BCUT2D eigenvalue weighted by Gasteiger charge is -2.33. The number of methoxy groups -OCH3 is 1. The van der Waals surface area contributed by atoms with Gasteiger partial charge in [0.25, 0.3) is 0 Å². The van der Waals surface area contributed by atoms with Crippen LogP contribution in [0.1, 0.15) is 28.2 Å². The van der Waals surface area contributed by atoms with Gasteiger partial charge in [-0.1, -0.05) is 35.9 Å². The molecule has 0 aliphatic rings. The Morgan fingerprint density at radius 3 is 2.00 bits per heavy atom. The van der Waals surface area contributed by atoms with Crippen LogP contribution in [0, 0.1) is 59.2 Å². The summed E-state index contributed by atoms with van der Waals surface area (Å²) in [7, 11) is 1.53. The highest BCUT2D eigenvalue weighted by molar-refractivity contribution is 5.50. The molecule has 6 heteroatoms. The lowest BCUT2D eigenvalue weighted by molar-refractivity contribution is 0.0728. The first-order chi connectivity index (χ1) is 14.8. The maximum atomic E-state index is 11.9. The highest BCUT2D eigenvalue weighted by Gasteiger charge is 2.38. The molecule has 0 aliphatic heterocycles. The van der Waals surface area contributed by atoms with Crippen LogP contribution in [0.25, 0.3) is 0 Å². The van der Waals surface area contributed by atoms with E-state index in [9.17, 15) is 26.2 Å². The standard InChI is InChI=1S/C25H20N4O2/c1-17-4-6-21(7-5-17)23(11-19(13-26)14-27)25(30,12-20(15-28)16-29)22-8-9-24(31-3)18(2)10-22/h4-12,23,30H,1-3H3. The minimum absolute atomic E-state index is 0.196. The Hall–Kier alpha value is -4.36. The van der Waals surface area contributed by atoms with Crippen molar-refractivity contribution in [1.82, 2.24) is 0 Å². The van der Waals surface area contributed by atoms with E-state index < -0.39 is 11.5 Å². The van der Waals surface area contributed by atoms with Gasteiger partial charge in [-0.25, -0.2) is 0 Å². The minimum Gasteiger partial charge on any atom is -0.496 e. The van der Waals surface area contributed by atoms with Crippen molar-refractivity contribution in [3.63, 3.8) is 0 Å². The van der Waals surface area contributed by atoms with Crippen LogP contribution in [0.5, 0.6) is 5.75 Å². The van der Waals surface area contributed by atoms with Crippen LogP contribution in [-0.4, -0.2) is 12.2 Å². The number of nitrogens with zero attached hydrogens (tertiary/aromatic N) is 4. The third kappa shape index (κ3) is 4.98. The fraction of sp³-hybridized carbons (Fsp3) is 0.200. The zero-order valence-corrected chi connectivity index (χ0v) is 17.4. The van der Waals surface area contributed by atoms with Gasteiger partial charge in [-0.3, -0.25) is 0 Å². The summed E-state index contributed by atoms with van der Waals surface area (Å²) in [5.74, 6) is -0.320. The normalized spacial score (nSPS) is 12.5. The monoisotopic (exact) mass is 408 g/mol. The molecule has 0 amide bonds. The number of aryl methyl sites for hydroxylation is 2. The van der Waals surface area contributed by atoms with Gasteiger partial charge < -0.3 is 9.84 Å². The van der Waals surface area contributed by atoms with Gasteiger partial charge in [0.1, 0.15) is 46.8 Å². The Morgan fingerprint density at radius 1 is 0.935 bits per heavy atom. The lowest BCUT2D eigenvalue weighted by Crippen LogP contribution is -2.31. The van der Waals surface area contributed by atoms with Crippen LogP contribution in [0.15, 0.2) is 65.8 Å². The summed E-state index contributed by atoms with van der Waals surface area (Å²) in [5, 5.41) is 49.3. The molecule has 1 N–H and O–H groups in total. The van der Waals surface area contributed by atoms with Crippen LogP contribution in [0.3, 0.4) is 0 Å². The van der Waals surface area contributed by atoms with Crippen molar-refractivity contribution in [3.8, 4) is 30.0 Å². The molecule has 2 rings (SSSR count). The lowest BCUT2D eigenvalue weighted by atomic mass is 9.75. The highest BCUT2D eigenvalue weighted by Crippen LogP contribution is 2.42. The molecule has 2 aromatic carbocycles. The number of nitriles is 4. The minimum atomic E-state index is -1.90. The van der Waals surface area contributed by atoms with E-state index in [4.69, 9.17) is 4.74 Å². The zero-order chi connectivity index (χ0) is 23.0. The van der Waals surface area contributed by atoms with Crippen molar-refractivity contribution in [2.24, 2.45) is 0 Å². The molecule has 0 fully saturated rings. The van der Waals surface area contributed by atoms with E-state index in [0.29, 0.717) is 16.9 Å². The van der Waals surface area contributed by atoms with E-state index in [1.54, 1.807) is 49.4 Å². The molecule has 0 radical (unpaired) electrons. The van der Waals surface area contributed by atoms with E-state index in [1.165, 1.54) is 19.3 Å². The van der Waals surface area contributed by atoms with Crippen molar-refractivity contribution in [2.45, 2.75) is 25.4 Å². The van der Waals surface area contributed by atoms with Gasteiger partial charge in [0, 0.05) is 5.92 Å². The largest absolute Gasteiger partial charge is 0.496 e. The quantitative estimate of drug-likeness (QED) is 0.713. The second kappa shape index (κ2) is 9.91. The molecule has 0 saturated carbocycles. The number of benzene rings is 2.